The Morgan fingerprint density at radius 3 is 2.63 bits per heavy atom. The van der Waals surface area contributed by atoms with Gasteiger partial charge in [0.25, 0.3) is 0 Å². The Kier molecular flexibility index (Phi) is 5.04. The Hall–Kier alpha value is -2.14. The highest BCUT2D eigenvalue weighted by atomic mass is 32.1. The zero-order valence-electron chi connectivity index (χ0n) is 16.6. The van der Waals surface area contributed by atoms with E-state index in [1.165, 1.54) is 40.7 Å². The van der Waals surface area contributed by atoms with E-state index in [0.717, 1.165) is 28.8 Å². The minimum atomic E-state index is 0.518. The van der Waals surface area contributed by atoms with Crippen LogP contribution in [-0.4, -0.2) is 29.2 Å². The second-order valence-electron chi connectivity index (χ2n) is 7.30. The molecule has 1 saturated heterocycles. The number of nitrogens with zero attached hydrogens (tertiary/aromatic N) is 3. The average Bonchev–Trinajstić information content (AvgIpc) is 2.98. The molecule has 27 heavy (non-hydrogen) atoms. The van der Waals surface area contributed by atoms with Gasteiger partial charge in [0.05, 0.1) is 12.0 Å². The number of hydrogen-bond acceptors (Lipinski definition) is 5. The maximum absolute atomic E-state index is 5.61. The van der Waals surface area contributed by atoms with E-state index in [0.29, 0.717) is 12.6 Å². The molecule has 0 bridgehead atoms. The van der Waals surface area contributed by atoms with E-state index < -0.39 is 0 Å². The standard InChI is InChI=1S/C22H27N3OS/c1-5-26-18-11-9-17(10-12-18)19-15(3)27-22-20(19)21(23-16(4)24-22)25-13-7-6-8-14(25)2/h9-12,14H,5-8,13H2,1-4H3. The van der Waals surface area contributed by atoms with Crippen LogP contribution in [0, 0.1) is 13.8 Å². The van der Waals surface area contributed by atoms with Crippen LogP contribution in [0.4, 0.5) is 5.82 Å². The van der Waals surface area contributed by atoms with Gasteiger partial charge in [0, 0.05) is 23.0 Å². The third-order valence-electron chi connectivity index (χ3n) is 5.35. The van der Waals surface area contributed by atoms with Gasteiger partial charge in [-0.3, -0.25) is 0 Å². The Labute approximate surface area is 165 Å². The van der Waals surface area contributed by atoms with Crippen molar-refractivity contribution >= 4 is 27.4 Å². The number of ether oxygens (including phenoxy) is 1. The summed E-state index contributed by atoms with van der Waals surface area (Å²) >= 11 is 1.77. The molecule has 0 N–H and O–H groups in total. The molecule has 2 aromatic heterocycles. The highest BCUT2D eigenvalue weighted by Crippen LogP contribution is 2.43. The van der Waals surface area contributed by atoms with Gasteiger partial charge >= 0.3 is 0 Å². The van der Waals surface area contributed by atoms with Gasteiger partial charge in [-0.25, -0.2) is 9.97 Å². The van der Waals surface area contributed by atoms with Crippen LogP contribution in [0.2, 0.25) is 0 Å². The van der Waals surface area contributed by atoms with Gasteiger partial charge in [-0.15, -0.1) is 11.3 Å². The fourth-order valence-corrected chi connectivity index (χ4v) is 5.14. The van der Waals surface area contributed by atoms with Gasteiger partial charge < -0.3 is 9.64 Å². The molecular weight excluding hydrogens is 354 g/mol. The smallest absolute Gasteiger partial charge is 0.141 e. The van der Waals surface area contributed by atoms with Gasteiger partial charge in [0.2, 0.25) is 0 Å². The van der Waals surface area contributed by atoms with Crippen LogP contribution >= 0.6 is 11.3 Å². The fourth-order valence-electron chi connectivity index (χ4n) is 4.05. The summed E-state index contributed by atoms with van der Waals surface area (Å²) in [6, 6.07) is 8.94. The molecule has 0 amide bonds. The van der Waals surface area contributed by atoms with Crippen LogP contribution in [0.5, 0.6) is 5.75 Å². The number of benzene rings is 1. The first-order valence-electron chi connectivity index (χ1n) is 9.86. The van der Waals surface area contributed by atoms with Crippen molar-refractivity contribution in [2.45, 2.75) is 53.0 Å². The Balaban J connectivity index is 1.89. The Bertz CT molecular complexity index is 948. The van der Waals surface area contributed by atoms with Crippen LogP contribution in [0.1, 0.15) is 43.8 Å². The Morgan fingerprint density at radius 2 is 1.93 bits per heavy atom. The molecular formula is C22H27N3OS. The monoisotopic (exact) mass is 381 g/mol. The van der Waals surface area contributed by atoms with Gasteiger partial charge in [-0.05, 0) is 64.7 Å². The lowest BCUT2D eigenvalue weighted by molar-refractivity contribution is 0.340. The SMILES string of the molecule is CCOc1ccc(-c2c(C)sc3nc(C)nc(N4CCCCC4C)c23)cc1. The predicted molar refractivity (Wildman–Crippen MR) is 114 cm³/mol. The van der Waals surface area contributed by atoms with Crippen LogP contribution in [-0.2, 0) is 0 Å². The van der Waals surface area contributed by atoms with Crippen LogP contribution in [0.25, 0.3) is 21.3 Å². The first-order chi connectivity index (χ1) is 13.1. The summed E-state index contributed by atoms with van der Waals surface area (Å²) in [5.41, 5.74) is 2.48. The Morgan fingerprint density at radius 1 is 1.15 bits per heavy atom. The molecule has 5 heteroatoms. The topological polar surface area (TPSA) is 38.3 Å². The van der Waals surface area contributed by atoms with Gasteiger partial charge in [0.1, 0.15) is 22.2 Å². The molecule has 0 spiro atoms. The molecule has 3 heterocycles. The lowest BCUT2D eigenvalue weighted by atomic mass is 10.0. The first-order valence-corrected chi connectivity index (χ1v) is 10.7. The van der Waals surface area contributed by atoms with E-state index >= 15 is 0 Å². The molecule has 1 aliphatic rings. The zero-order chi connectivity index (χ0) is 19.0. The molecule has 3 aromatic rings. The van der Waals surface area contributed by atoms with Gasteiger partial charge in [-0.1, -0.05) is 12.1 Å². The summed E-state index contributed by atoms with van der Waals surface area (Å²) in [4.78, 5) is 14.6. The number of hydrogen-bond donors (Lipinski definition) is 0. The second kappa shape index (κ2) is 7.47. The first kappa shape index (κ1) is 18.2. The summed E-state index contributed by atoms with van der Waals surface area (Å²) in [5.74, 6) is 2.88. The molecule has 1 fully saturated rings. The molecule has 0 radical (unpaired) electrons. The lowest BCUT2D eigenvalue weighted by Crippen LogP contribution is -2.38. The summed E-state index contributed by atoms with van der Waals surface area (Å²) < 4.78 is 5.61. The summed E-state index contributed by atoms with van der Waals surface area (Å²) in [5, 5.41) is 1.21. The summed E-state index contributed by atoms with van der Waals surface area (Å²) in [6.45, 7) is 10.3. The highest BCUT2D eigenvalue weighted by Gasteiger charge is 2.25. The van der Waals surface area contributed by atoms with E-state index in [9.17, 15) is 0 Å². The average molecular weight is 382 g/mol. The molecule has 1 aromatic carbocycles. The van der Waals surface area contributed by atoms with Gasteiger partial charge in [-0.2, -0.15) is 0 Å². The van der Waals surface area contributed by atoms with Gasteiger partial charge in [0.15, 0.2) is 0 Å². The maximum Gasteiger partial charge on any atom is 0.141 e. The van der Waals surface area contributed by atoms with E-state index in [1.807, 2.05) is 13.8 Å². The molecule has 1 unspecified atom stereocenters. The van der Waals surface area contributed by atoms with Crippen molar-refractivity contribution in [1.82, 2.24) is 9.97 Å². The second-order valence-corrected chi connectivity index (χ2v) is 8.51. The highest BCUT2D eigenvalue weighted by molar-refractivity contribution is 7.19. The lowest BCUT2D eigenvalue weighted by Gasteiger charge is -2.35. The number of rotatable bonds is 4. The van der Waals surface area contributed by atoms with E-state index in [2.05, 4.69) is 43.0 Å². The van der Waals surface area contributed by atoms with Crippen molar-refractivity contribution in [3.05, 3.63) is 35.0 Å². The van der Waals surface area contributed by atoms with E-state index in [4.69, 9.17) is 14.7 Å². The number of aryl methyl sites for hydroxylation is 2. The number of aromatic nitrogens is 2. The quantitative estimate of drug-likeness (QED) is 0.576. The molecule has 0 aliphatic carbocycles. The largest absolute Gasteiger partial charge is 0.494 e. The van der Waals surface area contributed by atoms with E-state index in [1.54, 1.807) is 11.3 Å². The normalized spacial score (nSPS) is 17.5. The maximum atomic E-state index is 5.61. The molecule has 4 rings (SSSR count). The molecule has 4 nitrogen and oxygen atoms in total. The number of piperidine rings is 1. The zero-order valence-corrected chi connectivity index (χ0v) is 17.4. The fraction of sp³-hybridized carbons (Fsp3) is 0.455. The van der Waals surface area contributed by atoms with Crippen LogP contribution < -0.4 is 9.64 Å². The third-order valence-corrected chi connectivity index (χ3v) is 6.35. The van der Waals surface area contributed by atoms with Crippen molar-refractivity contribution in [2.75, 3.05) is 18.1 Å². The molecule has 1 aliphatic heterocycles. The number of anilines is 1. The van der Waals surface area contributed by atoms with Crippen LogP contribution in [0.15, 0.2) is 24.3 Å². The van der Waals surface area contributed by atoms with Crippen molar-refractivity contribution < 1.29 is 4.74 Å². The number of thiophene rings is 1. The molecule has 0 saturated carbocycles. The molecule has 1 atom stereocenters. The van der Waals surface area contributed by atoms with E-state index in [-0.39, 0.29) is 0 Å². The van der Waals surface area contributed by atoms with Crippen molar-refractivity contribution in [3.8, 4) is 16.9 Å². The predicted octanol–water partition coefficient (Wildman–Crippen LogP) is 5.75. The summed E-state index contributed by atoms with van der Waals surface area (Å²) in [6.07, 6.45) is 3.77. The third kappa shape index (κ3) is 3.41. The van der Waals surface area contributed by atoms with Crippen molar-refractivity contribution in [1.29, 1.82) is 0 Å². The minimum Gasteiger partial charge on any atom is -0.494 e. The van der Waals surface area contributed by atoms with Crippen LogP contribution in [0.3, 0.4) is 0 Å². The number of fused-ring (bicyclic) bond motifs is 1. The summed E-state index contributed by atoms with van der Waals surface area (Å²) in [7, 11) is 0. The van der Waals surface area contributed by atoms with Crippen molar-refractivity contribution in [3.63, 3.8) is 0 Å². The minimum absolute atomic E-state index is 0.518. The van der Waals surface area contributed by atoms with Crippen molar-refractivity contribution in [2.24, 2.45) is 0 Å². The molecule has 142 valence electrons.